The van der Waals surface area contributed by atoms with Gasteiger partial charge in [-0.15, -0.1) is 0 Å². The average molecular weight is 584 g/mol. The number of hydrogen-bond acceptors (Lipinski definition) is 12. The number of carboxylic acids is 2. The van der Waals surface area contributed by atoms with Crippen LogP contribution in [0.1, 0.15) is 55.9 Å². The first-order valence-electron chi connectivity index (χ1n) is 12.8. The first kappa shape index (κ1) is 27.9. The lowest BCUT2D eigenvalue weighted by Crippen LogP contribution is -2.74. The van der Waals surface area contributed by atoms with E-state index in [1.165, 1.54) is 6.07 Å². The van der Waals surface area contributed by atoms with Crippen LogP contribution >= 0.6 is 0 Å². The fourth-order valence-corrected chi connectivity index (χ4v) is 8.06. The SMILES string of the molecule is O=C(O)C[C@@H]1CC23C(C(=O)c4c(O)cccc4C2(O)O1)C([C@H](O)CC(=O)O)C1(O)C(=O)c2cccc(O)c2C(=O)C13O. The van der Waals surface area contributed by atoms with Crippen LogP contribution in [0, 0.1) is 17.3 Å². The predicted molar refractivity (Wildman–Crippen MR) is 132 cm³/mol. The fourth-order valence-electron chi connectivity index (χ4n) is 8.06. The Kier molecular flexibility index (Phi) is 5.60. The van der Waals surface area contributed by atoms with E-state index in [1.54, 1.807) is 0 Å². The van der Waals surface area contributed by atoms with Crippen molar-refractivity contribution in [2.45, 2.75) is 48.5 Å². The molecule has 1 saturated carbocycles. The number of ether oxygens (including phenoxy) is 1. The number of carbonyl (C=O) groups is 5. The highest BCUT2D eigenvalue weighted by Crippen LogP contribution is 2.76. The van der Waals surface area contributed by atoms with Gasteiger partial charge in [-0.05, 0) is 18.6 Å². The average Bonchev–Trinajstić information content (AvgIpc) is 3.30. The van der Waals surface area contributed by atoms with Gasteiger partial charge < -0.3 is 45.6 Å². The van der Waals surface area contributed by atoms with Gasteiger partial charge in [0, 0.05) is 23.0 Å². The minimum absolute atomic E-state index is 0.524. The van der Waals surface area contributed by atoms with Crippen LogP contribution < -0.4 is 0 Å². The van der Waals surface area contributed by atoms with Crippen molar-refractivity contribution in [2.24, 2.45) is 17.3 Å². The number of aliphatic hydroxyl groups is 4. The highest BCUT2D eigenvalue weighted by Gasteiger charge is 2.92. The Balaban J connectivity index is 1.78. The number of ketones is 3. The lowest BCUT2D eigenvalue weighted by atomic mass is 9.51. The van der Waals surface area contributed by atoms with Gasteiger partial charge in [-0.2, -0.15) is 0 Å². The molecule has 1 saturated heterocycles. The second-order valence-electron chi connectivity index (χ2n) is 11.2. The molecule has 2 fully saturated rings. The lowest BCUT2D eigenvalue weighted by molar-refractivity contribution is -0.293. The van der Waals surface area contributed by atoms with Gasteiger partial charge in [0.15, 0.2) is 22.8 Å². The molecule has 1 aliphatic heterocycles. The molecule has 8 atom stereocenters. The number of benzene rings is 2. The molecule has 0 aromatic heterocycles. The Hall–Kier alpha value is -4.21. The van der Waals surface area contributed by atoms with E-state index >= 15 is 0 Å². The van der Waals surface area contributed by atoms with Gasteiger partial charge >= 0.3 is 11.9 Å². The van der Waals surface area contributed by atoms with Crippen molar-refractivity contribution in [1.29, 1.82) is 0 Å². The van der Waals surface area contributed by atoms with E-state index in [0.29, 0.717) is 0 Å². The minimum Gasteiger partial charge on any atom is -0.507 e. The molecule has 1 spiro atoms. The summed E-state index contributed by atoms with van der Waals surface area (Å²) in [6, 6.07) is 6.50. The molecule has 0 bridgehead atoms. The summed E-state index contributed by atoms with van der Waals surface area (Å²) in [5.41, 5.74) is -12.5. The first-order valence-corrected chi connectivity index (χ1v) is 12.8. The van der Waals surface area contributed by atoms with Gasteiger partial charge in [0.2, 0.25) is 11.6 Å². The van der Waals surface area contributed by atoms with E-state index < -0.39 is 129 Å². The number of aromatic hydroxyl groups is 2. The van der Waals surface area contributed by atoms with Crippen LogP contribution in [0.15, 0.2) is 36.4 Å². The van der Waals surface area contributed by atoms with Gasteiger partial charge in [0.25, 0.3) is 0 Å². The fraction of sp³-hybridized carbons (Fsp3) is 0.393. The number of Topliss-reactive ketones (excluding diaryl/α,β-unsaturated/α-hetero) is 3. The highest BCUT2D eigenvalue weighted by molar-refractivity contribution is 6.25. The molecular formula is C28H24O14. The Bertz CT molecular complexity index is 1630. The maximum atomic E-state index is 14.4. The molecule has 3 aliphatic carbocycles. The number of carbonyl (C=O) groups excluding carboxylic acids is 3. The topological polar surface area (TPSA) is 256 Å². The summed E-state index contributed by atoms with van der Waals surface area (Å²) in [4.78, 5) is 66.3. The standard InChI is InChI=1S/C28H24O14/c29-13-5-1-3-11-18(13)24(38)27(40)25-9-10(7-16(32)33)42-28(25,41)12-4-2-6-14(30)19(12)22(36)21(25)20(15(31)8-17(34)35)26(27,39)23(11)37/h1-6,10,15,20-21,29-31,39-41H,7-9H2,(H,32,33)(H,34,35)/t10-,15-,20?,21?,25?,26?,27?,28?/m1/s1. The number of aliphatic carboxylic acids is 2. The number of carboxylic acid groups (broad SMARTS) is 2. The van der Waals surface area contributed by atoms with Gasteiger partial charge in [-0.3, -0.25) is 24.0 Å². The molecule has 42 heavy (non-hydrogen) atoms. The van der Waals surface area contributed by atoms with Gasteiger partial charge in [0.1, 0.15) is 11.5 Å². The van der Waals surface area contributed by atoms with Crippen molar-refractivity contribution >= 4 is 29.3 Å². The summed E-state index contributed by atoms with van der Waals surface area (Å²) in [7, 11) is 0. The monoisotopic (exact) mass is 584 g/mol. The van der Waals surface area contributed by atoms with Crippen LogP contribution in [0.2, 0.25) is 0 Å². The summed E-state index contributed by atoms with van der Waals surface area (Å²) in [5, 5.41) is 88.9. The van der Waals surface area contributed by atoms with E-state index in [-0.39, 0.29) is 0 Å². The summed E-state index contributed by atoms with van der Waals surface area (Å²) in [6.07, 6.45) is -6.83. The molecule has 2 aromatic carbocycles. The molecule has 6 rings (SSSR count). The number of aliphatic hydroxyl groups excluding tert-OH is 1. The van der Waals surface area contributed by atoms with Gasteiger partial charge in [0.05, 0.1) is 41.6 Å². The lowest BCUT2D eigenvalue weighted by Gasteiger charge is -2.54. The van der Waals surface area contributed by atoms with Crippen molar-refractivity contribution in [3.63, 3.8) is 0 Å². The van der Waals surface area contributed by atoms with Gasteiger partial charge in [-0.1, -0.05) is 24.3 Å². The second kappa shape index (κ2) is 8.42. The third-order valence-corrected chi connectivity index (χ3v) is 9.39. The molecule has 0 amide bonds. The minimum atomic E-state index is -3.61. The van der Waals surface area contributed by atoms with Crippen LogP contribution in [0.5, 0.6) is 11.5 Å². The van der Waals surface area contributed by atoms with E-state index in [0.717, 1.165) is 30.3 Å². The van der Waals surface area contributed by atoms with Crippen LogP contribution in [0.25, 0.3) is 0 Å². The number of rotatable bonds is 5. The van der Waals surface area contributed by atoms with Crippen molar-refractivity contribution < 1.29 is 69.6 Å². The molecule has 14 heteroatoms. The maximum absolute atomic E-state index is 14.4. The van der Waals surface area contributed by atoms with Crippen LogP contribution in [-0.4, -0.2) is 93.6 Å². The maximum Gasteiger partial charge on any atom is 0.305 e. The summed E-state index contributed by atoms with van der Waals surface area (Å²) in [6.45, 7) is 0. The Morgan fingerprint density at radius 3 is 2.14 bits per heavy atom. The third kappa shape index (κ3) is 2.87. The zero-order valence-corrected chi connectivity index (χ0v) is 21.4. The molecule has 2 aromatic rings. The second-order valence-corrected chi connectivity index (χ2v) is 11.2. The van der Waals surface area contributed by atoms with E-state index in [2.05, 4.69) is 0 Å². The smallest absolute Gasteiger partial charge is 0.305 e. The van der Waals surface area contributed by atoms with Crippen LogP contribution in [0.3, 0.4) is 0 Å². The van der Waals surface area contributed by atoms with Crippen molar-refractivity contribution in [3.8, 4) is 11.5 Å². The summed E-state index contributed by atoms with van der Waals surface area (Å²) in [5.74, 6) is -16.5. The number of phenolic OH excluding ortho intramolecular Hbond substituents is 2. The largest absolute Gasteiger partial charge is 0.507 e. The molecule has 220 valence electrons. The molecule has 4 aliphatic rings. The van der Waals surface area contributed by atoms with Gasteiger partial charge in [-0.25, -0.2) is 0 Å². The quantitative estimate of drug-likeness (QED) is 0.217. The van der Waals surface area contributed by atoms with E-state index in [4.69, 9.17) is 4.74 Å². The van der Waals surface area contributed by atoms with Crippen molar-refractivity contribution in [2.75, 3.05) is 0 Å². The molecule has 6 unspecified atom stereocenters. The normalized spacial score (nSPS) is 36.9. The van der Waals surface area contributed by atoms with E-state index in [1.807, 2.05) is 0 Å². The summed E-state index contributed by atoms with van der Waals surface area (Å²) < 4.78 is 5.78. The first-order chi connectivity index (χ1) is 19.6. The van der Waals surface area contributed by atoms with E-state index in [9.17, 15) is 64.8 Å². The van der Waals surface area contributed by atoms with Crippen molar-refractivity contribution in [1.82, 2.24) is 0 Å². The third-order valence-electron chi connectivity index (χ3n) is 9.39. The zero-order chi connectivity index (χ0) is 30.7. The zero-order valence-electron chi connectivity index (χ0n) is 21.4. The predicted octanol–water partition coefficient (Wildman–Crippen LogP) is -0.688. The Morgan fingerprint density at radius 1 is 0.905 bits per heavy atom. The molecule has 8 N–H and O–H groups in total. The molecular weight excluding hydrogens is 560 g/mol. The number of hydrogen-bond donors (Lipinski definition) is 8. The van der Waals surface area contributed by atoms with Crippen LogP contribution in [0.4, 0.5) is 0 Å². The Labute approximate surface area is 235 Å². The Morgan fingerprint density at radius 2 is 1.52 bits per heavy atom. The number of fused-ring (bicyclic) bond motifs is 4. The highest BCUT2D eigenvalue weighted by atomic mass is 16.6. The molecule has 1 heterocycles. The number of phenols is 2. The van der Waals surface area contributed by atoms with Crippen molar-refractivity contribution in [3.05, 3.63) is 58.7 Å². The molecule has 0 radical (unpaired) electrons. The summed E-state index contributed by atoms with van der Waals surface area (Å²) >= 11 is 0. The van der Waals surface area contributed by atoms with Crippen LogP contribution in [-0.2, 0) is 20.1 Å². The molecule has 14 nitrogen and oxygen atoms in total.